The fraction of sp³-hybridized carbons (Fsp3) is 0.250. The molecule has 1 N–H and O–H groups in total. The molecule has 0 spiro atoms. The van der Waals surface area contributed by atoms with Gasteiger partial charge in [-0.15, -0.1) is 0 Å². The molecule has 0 saturated heterocycles. The van der Waals surface area contributed by atoms with Crippen LogP contribution in [0.5, 0.6) is 17.2 Å². The molecule has 0 bridgehead atoms. The molecule has 0 aromatic heterocycles. The van der Waals surface area contributed by atoms with Crippen LogP contribution in [0.3, 0.4) is 0 Å². The number of benzene rings is 3. The van der Waals surface area contributed by atoms with Gasteiger partial charge in [0.25, 0.3) is 0 Å². The first kappa shape index (κ1) is 19.8. The molecule has 0 atom stereocenters. The number of rotatable bonds is 9. The predicted octanol–water partition coefficient (Wildman–Crippen LogP) is 4.88. The fourth-order valence-electron chi connectivity index (χ4n) is 3.09. The monoisotopic (exact) mass is 377 g/mol. The number of hydrogen-bond acceptors (Lipinski definition) is 4. The van der Waals surface area contributed by atoms with E-state index in [0.29, 0.717) is 6.61 Å². The normalized spacial score (nSPS) is 10.5. The zero-order chi connectivity index (χ0) is 19.8. The number of para-hydroxylation sites is 1. The lowest BCUT2D eigenvalue weighted by atomic mass is 10.1. The maximum Gasteiger partial charge on any atom is 0.161 e. The summed E-state index contributed by atoms with van der Waals surface area (Å²) in [4.78, 5) is 0. The lowest BCUT2D eigenvalue weighted by Crippen LogP contribution is -2.13. The largest absolute Gasteiger partial charge is 0.496 e. The maximum absolute atomic E-state index is 5.97. The molecule has 0 unspecified atom stereocenters. The van der Waals surface area contributed by atoms with Gasteiger partial charge in [-0.2, -0.15) is 0 Å². The van der Waals surface area contributed by atoms with Crippen LogP contribution >= 0.6 is 0 Å². The molecule has 146 valence electrons. The van der Waals surface area contributed by atoms with E-state index in [1.165, 1.54) is 5.56 Å². The van der Waals surface area contributed by atoms with Crippen molar-refractivity contribution in [3.63, 3.8) is 0 Å². The standard InChI is InChI=1S/C24H27NO3/c1-18-7-6-8-20(13-18)17-28-23-12-11-19(14-24(23)27-3)15-25-16-21-9-4-5-10-22(21)26-2/h4-14,25H,15-17H2,1-3H3. The molecule has 3 aromatic rings. The molecule has 4 nitrogen and oxygen atoms in total. The summed E-state index contributed by atoms with van der Waals surface area (Å²) in [5.74, 6) is 2.38. The molecule has 28 heavy (non-hydrogen) atoms. The summed E-state index contributed by atoms with van der Waals surface area (Å²) in [6.45, 7) is 4.06. The van der Waals surface area contributed by atoms with Crippen LogP contribution in [0.1, 0.15) is 22.3 Å². The van der Waals surface area contributed by atoms with Crippen molar-refractivity contribution in [2.24, 2.45) is 0 Å². The molecule has 0 fully saturated rings. The van der Waals surface area contributed by atoms with Crippen LogP contribution < -0.4 is 19.5 Å². The summed E-state index contributed by atoms with van der Waals surface area (Å²) in [5, 5.41) is 3.45. The Morgan fingerprint density at radius 2 is 1.54 bits per heavy atom. The second-order valence-electron chi connectivity index (χ2n) is 6.68. The van der Waals surface area contributed by atoms with Crippen molar-refractivity contribution in [1.29, 1.82) is 0 Å². The minimum absolute atomic E-state index is 0.517. The summed E-state index contributed by atoms with van der Waals surface area (Å²) in [5.41, 5.74) is 4.64. The first-order chi connectivity index (χ1) is 13.7. The predicted molar refractivity (Wildman–Crippen MR) is 112 cm³/mol. The second-order valence-corrected chi connectivity index (χ2v) is 6.68. The molecule has 4 heteroatoms. The van der Waals surface area contributed by atoms with Crippen LogP contribution in [0.25, 0.3) is 0 Å². The highest BCUT2D eigenvalue weighted by atomic mass is 16.5. The van der Waals surface area contributed by atoms with Crippen LogP contribution in [0.15, 0.2) is 66.7 Å². The zero-order valence-electron chi connectivity index (χ0n) is 16.7. The van der Waals surface area contributed by atoms with Gasteiger partial charge >= 0.3 is 0 Å². The summed E-state index contributed by atoms with van der Waals surface area (Å²) in [7, 11) is 3.36. The number of aryl methyl sites for hydroxylation is 1. The smallest absolute Gasteiger partial charge is 0.161 e. The van der Waals surface area contributed by atoms with Gasteiger partial charge in [-0.1, -0.05) is 54.1 Å². The van der Waals surface area contributed by atoms with Crippen LogP contribution in [0.2, 0.25) is 0 Å². The van der Waals surface area contributed by atoms with Crippen LogP contribution in [0.4, 0.5) is 0 Å². The van der Waals surface area contributed by atoms with Crippen molar-refractivity contribution in [1.82, 2.24) is 5.32 Å². The van der Waals surface area contributed by atoms with Crippen molar-refractivity contribution < 1.29 is 14.2 Å². The average Bonchev–Trinajstić information content (AvgIpc) is 2.73. The van der Waals surface area contributed by atoms with Gasteiger partial charge in [-0.05, 0) is 36.2 Å². The van der Waals surface area contributed by atoms with Gasteiger partial charge in [-0.3, -0.25) is 0 Å². The van der Waals surface area contributed by atoms with Gasteiger partial charge in [0.2, 0.25) is 0 Å². The third kappa shape index (κ3) is 5.27. The molecule has 0 saturated carbocycles. The average molecular weight is 377 g/mol. The number of hydrogen-bond donors (Lipinski definition) is 1. The van der Waals surface area contributed by atoms with E-state index >= 15 is 0 Å². The minimum atomic E-state index is 0.517. The lowest BCUT2D eigenvalue weighted by Gasteiger charge is -2.13. The Labute approximate surface area is 167 Å². The minimum Gasteiger partial charge on any atom is -0.496 e. The van der Waals surface area contributed by atoms with E-state index in [9.17, 15) is 0 Å². The summed E-state index contributed by atoms with van der Waals surface area (Å²) < 4.78 is 16.9. The van der Waals surface area contributed by atoms with Crippen LogP contribution in [-0.4, -0.2) is 14.2 Å². The number of methoxy groups -OCH3 is 2. The van der Waals surface area contributed by atoms with Crippen molar-refractivity contribution in [3.05, 3.63) is 89.0 Å². The Morgan fingerprint density at radius 3 is 2.32 bits per heavy atom. The van der Waals surface area contributed by atoms with Gasteiger partial charge in [0.05, 0.1) is 14.2 Å². The Bertz CT molecular complexity index is 908. The molecule has 3 aromatic carbocycles. The Morgan fingerprint density at radius 1 is 0.714 bits per heavy atom. The van der Waals surface area contributed by atoms with Crippen LogP contribution in [0, 0.1) is 6.92 Å². The fourth-order valence-corrected chi connectivity index (χ4v) is 3.09. The quantitative estimate of drug-likeness (QED) is 0.577. The molecule has 0 aliphatic carbocycles. The van der Waals surface area contributed by atoms with Crippen molar-refractivity contribution in [2.45, 2.75) is 26.6 Å². The van der Waals surface area contributed by atoms with E-state index in [2.05, 4.69) is 42.6 Å². The van der Waals surface area contributed by atoms with E-state index in [0.717, 1.165) is 47.0 Å². The molecule has 0 aliphatic rings. The number of nitrogens with one attached hydrogen (secondary N) is 1. The zero-order valence-corrected chi connectivity index (χ0v) is 16.7. The van der Waals surface area contributed by atoms with E-state index in [1.807, 2.05) is 36.4 Å². The number of ether oxygens (including phenoxy) is 3. The SMILES string of the molecule is COc1ccccc1CNCc1ccc(OCc2cccc(C)c2)c(OC)c1. The molecular weight excluding hydrogens is 350 g/mol. The van der Waals surface area contributed by atoms with E-state index in [4.69, 9.17) is 14.2 Å². The first-order valence-corrected chi connectivity index (χ1v) is 9.37. The van der Waals surface area contributed by atoms with Crippen LogP contribution in [-0.2, 0) is 19.7 Å². The van der Waals surface area contributed by atoms with Gasteiger partial charge in [-0.25, -0.2) is 0 Å². The van der Waals surface area contributed by atoms with Crippen molar-refractivity contribution in [3.8, 4) is 17.2 Å². The molecular formula is C24H27NO3. The second kappa shape index (κ2) is 9.81. The highest BCUT2D eigenvalue weighted by Gasteiger charge is 2.07. The summed E-state index contributed by atoms with van der Waals surface area (Å²) in [6, 6.07) is 22.4. The summed E-state index contributed by atoms with van der Waals surface area (Å²) in [6.07, 6.45) is 0. The molecule has 0 radical (unpaired) electrons. The van der Waals surface area contributed by atoms with E-state index in [-0.39, 0.29) is 0 Å². The van der Waals surface area contributed by atoms with Crippen molar-refractivity contribution >= 4 is 0 Å². The molecule has 3 rings (SSSR count). The third-order valence-corrected chi connectivity index (χ3v) is 4.54. The van der Waals surface area contributed by atoms with Gasteiger partial charge < -0.3 is 19.5 Å². The van der Waals surface area contributed by atoms with E-state index < -0.39 is 0 Å². The molecule has 0 amide bonds. The topological polar surface area (TPSA) is 39.7 Å². The first-order valence-electron chi connectivity index (χ1n) is 9.37. The van der Waals surface area contributed by atoms with E-state index in [1.54, 1.807) is 14.2 Å². The Hall–Kier alpha value is -2.98. The molecule has 0 heterocycles. The molecule has 0 aliphatic heterocycles. The highest BCUT2D eigenvalue weighted by Crippen LogP contribution is 2.29. The van der Waals surface area contributed by atoms with Gasteiger partial charge in [0, 0.05) is 18.7 Å². The van der Waals surface area contributed by atoms with Gasteiger partial charge in [0.15, 0.2) is 11.5 Å². The Kier molecular flexibility index (Phi) is 6.93. The van der Waals surface area contributed by atoms with Crippen molar-refractivity contribution in [2.75, 3.05) is 14.2 Å². The van der Waals surface area contributed by atoms with Gasteiger partial charge in [0.1, 0.15) is 12.4 Å². The third-order valence-electron chi connectivity index (χ3n) is 4.54. The lowest BCUT2D eigenvalue weighted by molar-refractivity contribution is 0.284. The highest BCUT2D eigenvalue weighted by molar-refractivity contribution is 5.43. The summed E-state index contributed by atoms with van der Waals surface area (Å²) >= 11 is 0. The maximum atomic E-state index is 5.97. The Balaban J connectivity index is 1.59.